The Morgan fingerprint density at radius 2 is 1.93 bits per heavy atom. The molecule has 0 spiro atoms. The summed E-state index contributed by atoms with van der Waals surface area (Å²) in [5.74, 6) is -2.38. The zero-order valence-corrected chi connectivity index (χ0v) is 22.5. The third-order valence-electron chi connectivity index (χ3n) is 7.94. The SMILES string of the molecule is N#Cc1ccc(OCc2cc([C@H]3CCN(Cc4nc5c(F)cc(C(=O)O)cc5n4C[C@@H]4CCO4)C3)ccc2F)c(F)c1. The van der Waals surface area contributed by atoms with E-state index in [9.17, 15) is 23.1 Å². The minimum absolute atomic E-state index is 0.0402. The standard InChI is InChI=1S/C31H27F3N4O4/c32-24-3-2-19(10-22(24)17-42-28-4-1-18(13-35)9-25(28)33)20-5-7-37(14-20)16-29-36-30-26(34)11-21(31(39)40)12-27(30)38(29)15-23-6-8-41-23/h1-4,9-12,20,23H,5-8,14-17H2,(H,39,40)/t20-,23-/m0/s1. The van der Waals surface area contributed by atoms with Crippen molar-refractivity contribution in [1.29, 1.82) is 5.26 Å². The lowest BCUT2D eigenvalue weighted by Gasteiger charge is -2.28. The average Bonchev–Trinajstić information content (AvgIpc) is 3.55. The molecule has 3 heterocycles. The van der Waals surface area contributed by atoms with E-state index < -0.39 is 23.4 Å². The Hall–Kier alpha value is -4.40. The monoisotopic (exact) mass is 576 g/mol. The highest BCUT2D eigenvalue weighted by Gasteiger charge is 2.28. The molecule has 0 amide bonds. The van der Waals surface area contributed by atoms with Gasteiger partial charge in [-0.25, -0.2) is 22.9 Å². The highest BCUT2D eigenvalue weighted by atomic mass is 19.1. The lowest BCUT2D eigenvalue weighted by Crippen LogP contribution is -2.32. The molecule has 11 heteroatoms. The van der Waals surface area contributed by atoms with E-state index in [0.717, 1.165) is 37.1 Å². The van der Waals surface area contributed by atoms with Gasteiger partial charge in [0.15, 0.2) is 17.4 Å². The molecular weight excluding hydrogens is 549 g/mol. The Labute approximate surface area is 239 Å². The molecule has 2 aliphatic heterocycles. The summed E-state index contributed by atoms with van der Waals surface area (Å²) in [6.07, 6.45) is 1.63. The molecule has 2 atom stereocenters. The molecule has 0 aliphatic carbocycles. The first-order valence-electron chi connectivity index (χ1n) is 13.7. The van der Waals surface area contributed by atoms with Crippen LogP contribution in [0, 0.1) is 28.8 Å². The van der Waals surface area contributed by atoms with Crippen molar-refractivity contribution in [2.75, 3.05) is 19.7 Å². The summed E-state index contributed by atoms with van der Waals surface area (Å²) in [5.41, 5.74) is 1.80. The van der Waals surface area contributed by atoms with Crippen molar-refractivity contribution in [2.24, 2.45) is 0 Å². The van der Waals surface area contributed by atoms with Gasteiger partial charge in [0.05, 0.1) is 41.9 Å². The van der Waals surface area contributed by atoms with E-state index in [4.69, 9.17) is 14.7 Å². The summed E-state index contributed by atoms with van der Waals surface area (Å²) in [5, 5.41) is 18.4. The van der Waals surface area contributed by atoms with Crippen molar-refractivity contribution in [3.05, 3.63) is 94.1 Å². The van der Waals surface area contributed by atoms with Crippen LogP contribution in [0.4, 0.5) is 13.2 Å². The van der Waals surface area contributed by atoms with Crippen molar-refractivity contribution in [1.82, 2.24) is 14.5 Å². The van der Waals surface area contributed by atoms with Crippen molar-refractivity contribution >= 4 is 17.0 Å². The fourth-order valence-corrected chi connectivity index (χ4v) is 5.56. The summed E-state index contributed by atoms with van der Waals surface area (Å²) in [7, 11) is 0. The number of nitriles is 1. The predicted octanol–water partition coefficient (Wildman–Crippen LogP) is 5.38. The van der Waals surface area contributed by atoms with Gasteiger partial charge in [-0.3, -0.25) is 4.90 Å². The number of ether oxygens (including phenoxy) is 2. The summed E-state index contributed by atoms with van der Waals surface area (Å²) in [6.45, 7) is 2.75. The fraction of sp³-hybridized carbons (Fsp3) is 0.323. The number of hydrogen-bond acceptors (Lipinski definition) is 6. The second-order valence-electron chi connectivity index (χ2n) is 10.7. The molecule has 1 aromatic heterocycles. The molecule has 0 radical (unpaired) electrons. The molecule has 0 bridgehead atoms. The topological polar surface area (TPSA) is 101 Å². The summed E-state index contributed by atoms with van der Waals surface area (Å²) < 4.78 is 56.7. The van der Waals surface area contributed by atoms with Crippen molar-refractivity contribution < 1.29 is 32.5 Å². The number of imidazole rings is 1. The minimum Gasteiger partial charge on any atom is -0.486 e. The number of carboxylic acids is 1. The number of hydrogen-bond donors (Lipinski definition) is 1. The van der Waals surface area contributed by atoms with Crippen LogP contribution in [0.15, 0.2) is 48.5 Å². The number of benzene rings is 3. The maximum absolute atomic E-state index is 14.9. The van der Waals surface area contributed by atoms with Crippen LogP contribution in [0.25, 0.3) is 11.0 Å². The van der Waals surface area contributed by atoms with Gasteiger partial charge >= 0.3 is 5.97 Å². The third kappa shape index (κ3) is 5.55. The highest BCUT2D eigenvalue weighted by Crippen LogP contribution is 2.31. The maximum atomic E-state index is 14.9. The first kappa shape index (κ1) is 27.8. The Morgan fingerprint density at radius 3 is 2.64 bits per heavy atom. The molecule has 3 aromatic carbocycles. The van der Waals surface area contributed by atoms with Gasteiger partial charge in [-0.15, -0.1) is 0 Å². The molecule has 216 valence electrons. The Bertz CT molecular complexity index is 1710. The van der Waals surface area contributed by atoms with Crippen molar-refractivity contribution in [3.63, 3.8) is 0 Å². The number of fused-ring (bicyclic) bond motifs is 1. The zero-order chi connectivity index (χ0) is 29.4. The number of carboxylic acid groups (broad SMARTS) is 1. The molecule has 2 fully saturated rings. The second-order valence-corrected chi connectivity index (χ2v) is 10.7. The molecule has 6 rings (SSSR count). The first-order valence-corrected chi connectivity index (χ1v) is 13.7. The quantitative estimate of drug-likeness (QED) is 0.286. The van der Waals surface area contributed by atoms with Crippen molar-refractivity contribution in [3.8, 4) is 11.8 Å². The molecule has 0 unspecified atom stereocenters. The van der Waals surface area contributed by atoms with Crippen LogP contribution in [-0.4, -0.2) is 51.3 Å². The molecule has 8 nitrogen and oxygen atoms in total. The van der Waals surface area contributed by atoms with E-state index in [1.54, 1.807) is 12.1 Å². The zero-order valence-electron chi connectivity index (χ0n) is 22.5. The number of rotatable bonds is 9. The van der Waals surface area contributed by atoms with Gasteiger partial charge < -0.3 is 19.1 Å². The number of likely N-dealkylation sites (tertiary alicyclic amines) is 1. The second kappa shape index (κ2) is 11.5. The van der Waals surface area contributed by atoms with E-state index in [1.807, 2.05) is 10.6 Å². The van der Waals surface area contributed by atoms with E-state index in [2.05, 4.69) is 9.88 Å². The number of nitrogens with zero attached hydrogens (tertiary/aromatic N) is 4. The molecule has 42 heavy (non-hydrogen) atoms. The maximum Gasteiger partial charge on any atom is 0.335 e. The van der Waals surface area contributed by atoms with Crippen LogP contribution >= 0.6 is 0 Å². The van der Waals surface area contributed by atoms with Crippen molar-refractivity contribution in [2.45, 2.75) is 44.6 Å². The number of aromatic nitrogens is 2. The van der Waals surface area contributed by atoms with E-state index in [-0.39, 0.29) is 41.0 Å². The number of carbonyl (C=O) groups is 1. The molecule has 0 saturated carbocycles. The van der Waals surface area contributed by atoms with Crippen LogP contribution in [0.5, 0.6) is 5.75 Å². The Morgan fingerprint density at radius 1 is 1.10 bits per heavy atom. The molecule has 4 aromatic rings. The van der Waals surface area contributed by atoms with Gasteiger partial charge in [0.25, 0.3) is 0 Å². The van der Waals surface area contributed by atoms with Gasteiger partial charge in [-0.2, -0.15) is 5.26 Å². The fourth-order valence-electron chi connectivity index (χ4n) is 5.56. The lowest BCUT2D eigenvalue weighted by atomic mass is 9.96. The number of halogens is 3. The molecule has 2 saturated heterocycles. The summed E-state index contributed by atoms with van der Waals surface area (Å²) >= 11 is 0. The smallest absolute Gasteiger partial charge is 0.335 e. The first-order chi connectivity index (χ1) is 20.3. The van der Waals surface area contributed by atoms with E-state index in [1.165, 1.54) is 24.3 Å². The van der Waals surface area contributed by atoms with Crippen LogP contribution in [0.2, 0.25) is 0 Å². The highest BCUT2D eigenvalue weighted by molar-refractivity contribution is 5.92. The predicted molar refractivity (Wildman–Crippen MR) is 145 cm³/mol. The van der Waals surface area contributed by atoms with Gasteiger partial charge in [-0.05, 0) is 73.3 Å². The Balaban J connectivity index is 1.18. The summed E-state index contributed by atoms with van der Waals surface area (Å²) in [4.78, 5) is 18.3. The van der Waals surface area contributed by atoms with Gasteiger partial charge in [0, 0.05) is 18.7 Å². The molecular formula is C31H27F3N4O4. The van der Waals surface area contributed by atoms with Crippen LogP contribution in [0.3, 0.4) is 0 Å². The minimum atomic E-state index is -1.21. The third-order valence-corrected chi connectivity index (χ3v) is 7.94. The Kier molecular flexibility index (Phi) is 7.58. The van der Waals surface area contributed by atoms with Crippen LogP contribution < -0.4 is 4.74 Å². The molecule has 1 N–H and O–H groups in total. The average molecular weight is 577 g/mol. The van der Waals surface area contributed by atoms with Crippen LogP contribution in [0.1, 0.15) is 51.6 Å². The largest absolute Gasteiger partial charge is 0.486 e. The van der Waals surface area contributed by atoms with Gasteiger partial charge in [0.2, 0.25) is 0 Å². The van der Waals surface area contributed by atoms with Gasteiger partial charge in [-0.1, -0.05) is 6.07 Å². The number of aromatic carboxylic acids is 1. The summed E-state index contributed by atoms with van der Waals surface area (Å²) in [6, 6.07) is 13.0. The lowest BCUT2D eigenvalue weighted by molar-refractivity contribution is -0.0591. The van der Waals surface area contributed by atoms with E-state index >= 15 is 0 Å². The van der Waals surface area contributed by atoms with E-state index in [0.29, 0.717) is 43.1 Å². The normalized spacial score (nSPS) is 18.6. The molecule has 2 aliphatic rings. The van der Waals surface area contributed by atoms with Gasteiger partial charge in [0.1, 0.15) is 23.8 Å². The van der Waals surface area contributed by atoms with Crippen LogP contribution in [-0.2, 0) is 24.4 Å².